The van der Waals surface area contributed by atoms with Crippen LogP contribution in [0.1, 0.15) is 87.0 Å². The zero-order valence-electron chi connectivity index (χ0n) is 20.7. The number of likely N-dealkylation sites (N-methyl/N-ethyl adjacent to an activating group) is 1. The van der Waals surface area contributed by atoms with Crippen molar-refractivity contribution in [1.29, 1.82) is 0 Å². The van der Waals surface area contributed by atoms with Crippen molar-refractivity contribution in [2.75, 3.05) is 7.05 Å². The molecule has 0 aliphatic heterocycles. The Morgan fingerprint density at radius 1 is 1.30 bits per heavy atom. The van der Waals surface area contributed by atoms with Crippen LogP contribution in [-0.4, -0.2) is 59.4 Å². The number of rotatable bonds is 10. The lowest BCUT2D eigenvalue weighted by Crippen LogP contribution is -2.58. The van der Waals surface area contributed by atoms with Gasteiger partial charge in [0.15, 0.2) is 0 Å². The van der Waals surface area contributed by atoms with Gasteiger partial charge in [-0.3, -0.25) is 4.79 Å². The molecule has 0 aromatic rings. The molecule has 1 rings (SSSR count). The number of carbonyl (C=O) groups is 1. The third-order valence-corrected chi connectivity index (χ3v) is 6.85. The maximum Gasteiger partial charge on any atom is 0.223 e. The number of nitrogens with zero attached hydrogens (tertiary/aromatic N) is 1. The van der Waals surface area contributed by atoms with Crippen LogP contribution in [-0.2, 0) is 9.53 Å². The van der Waals surface area contributed by atoms with Crippen molar-refractivity contribution in [2.45, 2.75) is 123 Å². The Labute approximate surface area is 185 Å². The summed E-state index contributed by atoms with van der Waals surface area (Å²) < 4.78 is 6.54. The van der Waals surface area contributed by atoms with Gasteiger partial charge in [-0.05, 0) is 37.5 Å². The number of ether oxygens (including phenoxy) is 1. The lowest BCUT2D eigenvalue weighted by molar-refractivity contribution is -0.153. The van der Waals surface area contributed by atoms with Crippen molar-refractivity contribution in [3.8, 4) is 0 Å². The van der Waals surface area contributed by atoms with E-state index in [1.807, 2.05) is 14.0 Å². The van der Waals surface area contributed by atoms with Crippen molar-refractivity contribution < 1.29 is 14.6 Å². The standard InChI is InChI=1S/C24H49N3O3/c1-9-11-12-19(21(26)16(4)27(8)20(28)14-24(5,6)7)30-23-15(3)13-18(25)17(10-2)22(23)29/h15-19,21-23,29H,9-14,25-26H2,1-8H3/t15?,16-,17+,18?,19?,21?,22?,23-/m0/s1. The Morgan fingerprint density at radius 2 is 1.90 bits per heavy atom. The van der Waals surface area contributed by atoms with Gasteiger partial charge >= 0.3 is 0 Å². The third-order valence-electron chi connectivity index (χ3n) is 6.85. The lowest BCUT2D eigenvalue weighted by atomic mass is 9.74. The fourth-order valence-corrected chi connectivity index (χ4v) is 4.66. The highest BCUT2D eigenvalue weighted by molar-refractivity contribution is 5.76. The number of hydrogen-bond acceptors (Lipinski definition) is 5. The van der Waals surface area contributed by atoms with Crippen LogP contribution in [0.2, 0.25) is 0 Å². The number of carbonyl (C=O) groups excluding carboxylic acids is 1. The molecule has 6 heteroatoms. The van der Waals surface area contributed by atoms with E-state index < -0.39 is 6.10 Å². The normalized spacial score (nSPS) is 30.6. The second kappa shape index (κ2) is 11.8. The second-order valence-corrected chi connectivity index (χ2v) is 10.8. The van der Waals surface area contributed by atoms with E-state index in [1.165, 1.54) is 0 Å². The molecule has 0 aromatic heterocycles. The van der Waals surface area contributed by atoms with Gasteiger partial charge in [0.1, 0.15) is 0 Å². The molecule has 0 spiro atoms. The smallest absolute Gasteiger partial charge is 0.223 e. The Bertz CT molecular complexity index is 522. The summed E-state index contributed by atoms with van der Waals surface area (Å²) in [7, 11) is 1.83. The Morgan fingerprint density at radius 3 is 2.40 bits per heavy atom. The molecule has 1 aliphatic rings. The number of aliphatic hydroxyl groups is 1. The SMILES string of the molecule is CCCCC(O[C@H]1C(C)CC(N)[C@@H](CC)C1O)C(N)[C@H](C)N(C)C(=O)CC(C)(C)C. The van der Waals surface area contributed by atoms with Crippen molar-refractivity contribution in [3.63, 3.8) is 0 Å². The average molecular weight is 428 g/mol. The van der Waals surface area contributed by atoms with Gasteiger partial charge in [-0.2, -0.15) is 0 Å². The summed E-state index contributed by atoms with van der Waals surface area (Å²) in [5.74, 6) is 0.315. The van der Waals surface area contributed by atoms with Crippen LogP contribution < -0.4 is 11.5 Å². The number of aliphatic hydroxyl groups excluding tert-OH is 1. The number of unbranched alkanes of at least 4 members (excludes halogenated alkanes) is 1. The molecule has 178 valence electrons. The lowest BCUT2D eigenvalue weighted by Gasteiger charge is -2.45. The summed E-state index contributed by atoms with van der Waals surface area (Å²) in [5.41, 5.74) is 12.9. The monoisotopic (exact) mass is 427 g/mol. The molecule has 5 N–H and O–H groups in total. The molecule has 6 nitrogen and oxygen atoms in total. The Balaban J connectivity index is 2.95. The van der Waals surface area contributed by atoms with E-state index in [2.05, 4.69) is 41.5 Å². The third kappa shape index (κ3) is 7.47. The first-order valence-corrected chi connectivity index (χ1v) is 11.9. The van der Waals surface area contributed by atoms with E-state index in [4.69, 9.17) is 16.2 Å². The van der Waals surface area contributed by atoms with E-state index >= 15 is 0 Å². The van der Waals surface area contributed by atoms with Crippen LogP contribution in [0.15, 0.2) is 0 Å². The van der Waals surface area contributed by atoms with Crippen LogP contribution >= 0.6 is 0 Å². The minimum Gasteiger partial charge on any atom is -0.390 e. The van der Waals surface area contributed by atoms with Gasteiger partial charge in [-0.25, -0.2) is 0 Å². The predicted molar refractivity (Wildman–Crippen MR) is 124 cm³/mol. The summed E-state index contributed by atoms with van der Waals surface area (Å²) in [6.45, 7) is 14.5. The van der Waals surface area contributed by atoms with E-state index in [-0.39, 0.29) is 53.5 Å². The molecule has 1 aliphatic carbocycles. The highest BCUT2D eigenvalue weighted by atomic mass is 16.5. The van der Waals surface area contributed by atoms with Crippen molar-refractivity contribution in [2.24, 2.45) is 28.7 Å². The van der Waals surface area contributed by atoms with Gasteiger partial charge in [0.25, 0.3) is 0 Å². The molecular weight excluding hydrogens is 378 g/mol. The van der Waals surface area contributed by atoms with E-state index in [0.29, 0.717) is 6.42 Å². The van der Waals surface area contributed by atoms with Crippen molar-refractivity contribution >= 4 is 5.91 Å². The van der Waals surface area contributed by atoms with E-state index in [1.54, 1.807) is 4.90 Å². The Hall–Kier alpha value is -0.690. The number of amides is 1. The highest BCUT2D eigenvalue weighted by Crippen LogP contribution is 2.34. The molecule has 5 unspecified atom stereocenters. The quantitative estimate of drug-likeness (QED) is 0.496. The molecule has 30 heavy (non-hydrogen) atoms. The Kier molecular flexibility index (Phi) is 10.8. The maximum atomic E-state index is 12.7. The minimum absolute atomic E-state index is 0.00249. The van der Waals surface area contributed by atoms with Gasteiger partial charge in [0.05, 0.1) is 24.4 Å². The average Bonchev–Trinajstić information content (AvgIpc) is 2.64. The first kappa shape index (κ1) is 27.3. The van der Waals surface area contributed by atoms with Gasteiger partial charge in [-0.15, -0.1) is 0 Å². The highest BCUT2D eigenvalue weighted by Gasteiger charge is 2.43. The predicted octanol–water partition coefficient (Wildman–Crippen LogP) is 3.30. The fraction of sp³-hybridized carbons (Fsp3) is 0.958. The molecular formula is C24H49N3O3. The van der Waals surface area contributed by atoms with Gasteiger partial charge in [0, 0.05) is 31.5 Å². The van der Waals surface area contributed by atoms with Crippen molar-refractivity contribution in [1.82, 2.24) is 4.90 Å². The molecule has 1 saturated carbocycles. The molecule has 1 amide bonds. The molecule has 0 heterocycles. The summed E-state index contributed by atoms with van der Waals surface area (Å²) in [6, 6.07) is -0.467. The van der Waals surface area contributed by atoms with Crippen LogP contribution in [0.4, 0.5) is 0 Å². The summed E-state index contributed by atoms with van der Waals surface area (Å²) >= 11 is 0. The second-order valence-electron chi connectivity index (χ2n) is 10.8. The molecule has 0 bridgehead atoms. The summed E-state index contributed by atoms with van der Waals surface area (Å²) in [4.78, 5) is 14.5. The van der Waals surface area contributed by atoms with E-state index in [9.17, 15) is 9.90 Å². The summed E-state index contributed by atoms with van der Waals surface area (Å²) in [5, 5.41) is 11.0. The van der Waals surface area contributed by atoms with Crippen LogP contribution in [0, 0.1) is 17.3 Å². The van der Waals surface area contributed by atoms with Gasteiger partial charge < -0.3 is 26.2 Å². The van der Waals surface area contributed by atoms with Crippen molar-refractivity contribution in [3.05, 3.63) is 0 Å². The number of nitrogens with two attached hydrogens (primary N) is 2. The van der Waals surface area contributed by atoms with Crippen LogP contribution in [0.3, 0.4) is 0 Å². The largest absolute Gasteiger partial charge is 0.390 e. The molecule has 0 aromatic carbocycles. The first-order valence-electron chi connectivity index (χ1n) is 11.9. The molecule has 0 saturated heterocycles. The molecule has 8 atom stereocenters. The molecule has 1 fully saturated rings. The number of hydrogen-bond donors (Lipinski definition) is 3. The van der Waals surface area contributed by atoms with Gasteiger partial charge in [-0.1, -0.05) is 54.4 Å². The zero-order chi connectivity index (χ0) is 23.2. The summed E-state index contributed by atoms with van der Waals surface area (Å²) in [6.07, 6.45) is 3.96. The van der Waals surface area contributed by atoms with Crippen LogP contribution in [0.25, 0.3) is 0 Å². The van der Waals surface area contributed by atoms with E-state index in [0.717, 1.165) is 32.1 Å². The topological polar surface area (TPSA) is 102 Å². The van der Waals surface area contributed by atoms with Gasteiger partial charge in [0.2, 0.25) is 5.91 Å². The zero-order valence-corrected chi connectivity index (χ0v) is 20.7. The molecule has 0 radical (unpaired) electrons. The van der Waals surface area contributed by atoms with Crippen LogP contribution in [0.5, 0.6) is 0 Å². The minimum atomic E-state index is -0.583. The maximum absolute atomic E-state index is 12.7. The first-order chi connectivity index (χ1) is 13.8. The fourth-order valence-electron chi connectivity index (χ4n) is 4.66.